The zero-order valence-electron chi connectivity index (χ0n) is 14.4. The van der Waals surface area contributed by atoms with Gasteiger partial charge in [0, 0.05) is 11.6 Å². The maximum Gasteiger partial charge on any atom is 0.337 e. The highest BCUT2D eigenvalue weighted by atomic mass is 35.5. The van der Waals surface area contributed by atoms with Gasteiger partial charge in [-0.3, -0.25) is 0 Å². The Balaban J connectivity index is 1.76. The summed E-state index contributed by atoms with van der Waals surface area (Å²) in [7, 11) is -3.64. The number of sulfonamides is 1. The fourth-order valence-corrected chi connectivity index (χ4v) is 4.57. The molecule has 144 valence electrons. The van der Waals surface area contributed by atoms with E-state index in [-0.39, 0.29) is 17.4 Å². The molecular weight excluding hydrogens is 390 g/mol. The Morgan fingerprint density at radius 1 is 1.22 bits per heavy atom. The Labute approximate surface area is 162 Å². The van der Waals surface area contributed by atoms with E-state index in [1.54, 1.807) is 18.2 Å². The maximum atomic E-state index is 12.5. The van der Waals surface area contributed by atoms with Gasteiger partial charge in [-0.25, -0.2) is 17.9 Å². The number of carboxylic acids is 1. The van der Waals surface area contributed by atoms with Crippen molar-refractivity contribution in [3.8, 4) is 0 Å². The summed E-state index contributed by atoms with van der Waals surface area (Å²) in [6.45, 7) is 0.249. The third kappa shape index (κ3) is 4.50. The van der Waals surface area contributed by atoms with Crippen LogP contribution in [0.1, 0.15) is 41.6 Å². The molecule has 2 aromatic rings. The van der Waals surface area contributed by atoms with Gasteiger partial charge < -0.3 is 10.2 Å². The molecule has 0 heterocycles. The monoisotopic (exact) mass is 409 g/mol. The lowest BCUT2D eigenvalue weighted by atomic mass is 9.82. The first-order valence-corrected chi connectivity index (χ1v) is 10.4. The third-order valence-electron chi connectivity index (χ3n) is 4.80. The fraction of sp³-hybridized carbons (Fsp3) is 0.316. The fourth-order valence-electron chi connectivity index (χ4n) is 3.37. The van der Waals surface area contributed by atoms with Crippen LogP contribution in [0, 0.1) is 0 Å². The van der Waals surface area contributed by atoms with Crippen molar-refractivity contribution in [1.29, 1.82) is 0 Å². The Morgan fingerprint density at radius 2 is 1.93 bits per heavy atom. The van der Waals surface area contributed by atoms with Gasteiger partial charge in [-0.1, -0.05) is 29.8 Å². The van der Waals surface area contributed by atoms with Gasteiger partial charge in [-0.05, 0) is 66.1 Å². The van der Waals surface area contributed by atoms with Gasteiger partial charge in [0.15, 0.2) is 6.10 Å². The summed E-state index contributed by atoms with van der Waals surface area (Å²) in [6.07, 6.45) is 0.916. The number of hydrogen-bond acceptors (Lipinski definition) is 4. The zero-order valence-corrected chi connectivity index (χ0v) is 16.0. The van der Waals surface area contributed by atoms with Crippen molar-refractivity contribution in [2.45, 2.75) is 36.2 Å². The van der Waals surface area contributed by atoms with Crippen LogP contribution >= 0.6 is 11.6 Å². The van der Waals surface area contributed by atoms with Gasteiger partial charge in [0.25, 0.3) is 0 Å². The third-order valence-corrected chi connectivity index (χ3v) is 6.49. The van der Waals surface area contributed by atoms with Crippen molar-refractivity contribution in [2.75, 3.05) is 6.54 Å². The lowest BCUT2D eigenvalue weighted by Gasteiger charge is -2.26. The van der Waals surface area contributed by atoms with E-state index in [2.05, 4.69) is 4.72 Å². The molecule has 27 heavy (non-hydrogen) atoms. The van der Waals surface area contributed by atoms with Crippen LogP contribution in [0.3, 0.4) is 0 Å². The second kappa shape index (κ2) is 7.98. The molecule has 0 saturated carbocycles. The predicted octanol–water partition coefficient (Wildman–Crippen LogP) is 2.86. The molecule has 0 fully saturated rings. The summed E-state index contributed by atoms with van der Waals surface area (Å²) in [5.74, 6) is -1.30. The van der Waals surface area contributed by atoms with Crippen LogP contribution < -0.4 is 4.72 Å². The number of hydrogen-bond donors (Lipinski definition) is 3. The van der Waals surface area contributed by atoms with Crippen molar-refractivity contribution >= 4 is 27.6 Å². The van der Waals surface area contributed by atoms with Crippen LogP contribution in [-0.2, 0) is 21.2 Å². The molecule has 6 nitrogen and oxygen atoms in total. The van der Waals surface area contributed by atoms with Crippen LogP contribution in [0.15, 0.2) is 47.4 Å². The second-order valence-electron chi connectivity index (χ2n) is 6.59. The van der Waals surface area contributed by atoms with Gasteiger partial charge in [-0.2, -0.15) is 0 Å². The molecule has 0 amide bonds. The Morgan fingerprint density at radius 3 is 2.59 bits per heavy atom. The molecular formula is C19H20ClNO5S. The minimum atomic E-state index is -3.64. The van der Waals surface area contributed by atoms with Crippen molar-refractivity contribution < 1.29 is 23.4 Å². The number of nitrogens with one attached hydrogen (secondary N) is 1. The molecule has 2 unspecified atom stereocenters. The normalized spacial score (nSPS) is 17.9. The smallest absolute Gasteiger partial charge is 0.337 e. The molecule has 2 atom stereocenters. The highest BCUT2D eigenvalue weighted by Crippen LogP contribution is 2.33. The minimum Gasteiger partial charge on any atom is -0.479 e. The van der Waals surface area contributed by atoms with E-state index in [9.17, 15) is 18.3 Å². The number of aryl methyl sites for hydroxylation is 1. The first kappa shape index (κ1) is 19.8. The minimum absolute atomic E-state index is 0.00755. The summed E-state index contributed by atoms with van der Waals surface area (Å²) >= 11 is 5.80. The second-order valence-corrected chi connectivity index (χ2v) is 8.80. The zero-order chi connectivity index (χ0) is 19.6. The van der Waals surface area contributed by atoms with E-state index in [4.69, 9.17) is 16.7 Å². The summed E-state index contributed by atoms with van der Waals surface area (Å²) < 4.78 is 27.6. The van der Waals surface area contributed by atoms with E-state index in [0.29, 0.717) is 10.6 Å². The highest BCUT2D eigenvalue weighted by Gasteiger charge is 2.25. The molecule has 2 aromatic carbocycles. The number of rotatable bonds is 6. The summed E-state index contributed by atoms with van der Waals surface area (Å²) in [5, 5.41) is 19.1. The standard InChI is InChI=1S/C19H20ClNO5S/c20-15-5-7-16(8-6-15)27(25,26)21-11-14-3-1-2-12-10-13(4-9-17(12)14)18(22)19(23)24/h4-10,14,18,21-22H,1-3,11H2,(H,23,24). The maximum absolute atomic E-state index is 12.5. The van der Waals surface area contributed by atoms with Crippen molar-refractivity contribution in [1.82, 2.24) is 4.72 Å². The van der Waals surface area contributed by atoms with Crippen molar-refractivity contribution in [3.63, 3.8) is 0 Å². The number of halogens is 1. The van der Waals surface area contributed by atoms with Crippen LogP contribution in [-0.4, -0.2) is 31.1 Å². The molecule has 0 aromatic heterocycles. The SMILES string of the molecule is O=C(O)C(O)c1ccc2c(c1)CCCC2CNS(=O)(=O)c1ccc(Cl)cc1. The van der Waals surface area contributed by atoms with Gasteiger partial charge >= 0.3 is 5.97 Å². The molecule has 0 radical (unpaired) electrons. The van der Waals surface area contributed by atoms with Crippen LogP contribution in [0.25, 0.3) is 0 Å². The Bertz CT molecular complexity index is 943. The number of carboxylic acid groups (broad SMARTS) is 1. The van der Waals surface area contributed by atoms with E-state index >= 15 is 0 Å². The van der Waals surface area contributed by atoms with E-state index < -0.39 is 22.1 Å². The topological polar surface area (TPSA) is 104 Å². The quantitative estimate of drug-likeness (QED) is 0.680. The molecule has 1 aliphatic carbocycles. The number of aliphatic hydroxyl groups is 1. The first-order chi connectivity index (χ1) is 12.8. The molecule has 0 aliphatic heterocycles. The molecule has 0 saturated heterocycles. The largest absolute Gasteiger partial charge is 0.479 e. The van der Waals surface area contributed by atoms with E-state index in [1.807, 2.05) is 0 Å². The summed E-state index contributed by atoms with van der Waals surface area (Å²) in [4.78, 5) is 11.1. The number of carbonyl (C=O) groups is 1. The van der Waals surface area contributed by atoms with Gasteiger partial charge in [0.2, 0.25) is 10.0 Å². The first-order valence-electron chi connectivity index (χ1n) is 8.57. The van der Waals surface area contributed by atoms with Gasteiger partial charge in [-0.15, -0.1) is 0 Å². The Hall–Kier alpha value is -1.93. The molecule has 3 rings (SSSR count). The molecule has 0 spiro atoms. The predicted molar refractivity (Wildman–Crippen MR) is 101 cm³/mol. The van der Waals surface area contributed by atoms with Gasteiger partial charge in [0.1, 0.15) is 0 Å². The molecule has 1 aliphatic rings. The number of fused-ring (bicyclic) bond motifs is 1. The van der Waals surface area contributed by atoms with E-state index in [1.165, 1.54) is 24.3 Å². The average Bonchev–Trinajstić information content (AvgIpc) is 2.65. The Kier molecular flexibility index (Phi) is 5.86. The summed E-state index contributed by atoms with van der Waals surface area (Å²) in [6, 6.07) is 11.1. The number of aliphatic hydroxyl groups excluding tert-OH is 1. The lowest BCUT2D eigenvalue weighted by Crippen LogP contribution is -2.30. The highest BCUT2D eigenvalue weighted by molar-refractivity contribution is 7.89. The van der Waals surface area contributed by atoms with E-state index in [0.717, 1.165) is 30.4 Å². The van der Waals surface area contributed by atoms with Gasteiger partial charge in [0.05, 0.1) is 4.90 Å². The van der Waals surface area contributed by atoms with Crippen molar-refractivity contribution in [3.05, 3.63) is 64.2 Å². The van der Waals surface area contributed by atoms with Crippen LogP contribution in [0.5, 0.6) is 0 Å². The molecule has 3 N–H and O–H groups in total. The molecule has 0 bridgehead atoms. The van der Waals surface area contributed by atoms with Crippen LogP contribution in [0.4, 0.5) is 0 Å². The molecule has 8 heteroatoms. The summed E-state index contributed by atoms with van der Waals surface area (Å²) in [5.41, 5.74) is 2.28. The lowest BCUT2D eigenvalue weighted by molar-refractivity contribution is -0.146. The number of benzene rings is 2. The number of aliphatic carboxylic acids is 1. The van der Waals surface area contributed by atoms with Crippen molar-refractivity contribution in [2.24, 2.45) is 0 Å². The van der Waals surface area contributed by atoms with Crippen LogP contribution in [0.2, 0.25) is 5.02 Å². The average molecular weight is 410 g/mol.